The van der Waals surface area contributed by atoms with E-state index in [-0.39, 0.29) is 0 Å². The normalized spacial score (nSPS) is 21.5. The van der Waals surface area contributed by atoms with E-state index >= 15 is 0 Å². The summed E-state index contributed by atoms with van der Waals surface area (Å²) in [7, 11) is 1.70. The van der Waals surface area contributed by atoms with Crippen molar-refractivity contribution in [2.45, 2.75) is 38.1 Å². The Morgan fingerprint density at radius 3 is 2.59 bits per heavy atom. The SMILES string of the molecule is COCCN(C(=O)CC1CCNCC1)C1CC1. The van der Waals surface area contributed by atoms with Crippen molar-refractivity contribution in [3.8, 4) is 0 Å². The number of carbonyl (C=O) groups is 1. The zero-order chi connectivity index (χ0) is 12.1. The highest BCUT2D eigenvalue weighted by molar-refractivity contribution is 5.77. The van der Waals surface area contributed by atoms with Crippen LogP contribution in [0.15, 0.2) is 0 Å². The first kappa shape index (κ1) is 12.8. The highest BCUT2D eigenvalue weighted by Crippen LogP contribution is 2.28. The number of amides is 1. The molecule has 0 spiro atoms. The van der Waals surface area contributed by atoms with Gasteiger partial charge in [-0.1, -0.05) is 0 Å². The molecule has 0 aromatic heterocycles. The fourth-order valence-electron chi connectivity index (χ4n) is 2.54. The summed E-state index contributed by atoms with van der Waals surface area (Å²) in [5, 5.41) is 3.34. The fraction of sp³-hybridized carbons (Fsp3) is 0.923. The van der Waals surface area contributed by atoms with Gasteiger partial charge in [0.15, 0.2) is 0 Å². The molecule has 1 saturated heterocycles. The van der Waals surface area contributed by atoms with Crippen LogP contribution < -0.4 is 5.32 Å². The van der Waals surface area contributed by atoms with E-state index in [9.17, 15) is 4.79 Å². The van der Waals surface area contributed by atoms with Gasteiger partial charge in [0.25, 0.3) is 0 Å². The zero-order valence-electron chi connectivity index (χ0n) is 10.8. The Morgan fingerprint density at radius 1 is 1.29 bits per heavy atom. The molecule has 0 unspecified atom stereocenters. The third kappa shape index (κ3) is 3.96. The highest BCUT2D eigenvalue weighted by atomic mass is 16.5. The molecule has 1 N–H and O–H groups in total. The molecule has 2 aliphatic rings. The van der Waals surface area contributed by atoms with Gasteiger partial charge >= 0.3 is 0 Å². The maximum Gasteiger partial charge on any atom is 0.223 e. The second-order valence-corrected chi connectivity index (χ2v) is 5.21. The number of methoxy groups -OCH3 is 1. The van der Waals surface area contributed by atoms with Crippen LogP contribution in [0, 0.1) is 5.92 Å². The first-order valence-electron chi connectivity index (χ1n) is 6.80. The summed E-state index contributed by atoms with van der Waals surface area (Å²) < 4.78 is 5.09. The summed E-state index contributed by atoms with van der Waals surface area (Å²) in [4.78, 5) is 14.3. The molecule has 1 amide bonds. The first-order valence-corrected chi connectivity index (χ1v) is 6.80. The lowest BCUT2D eigenvalue weighted by atomic mass is 9.94. The standard InChI is InChI=1S/C13H24N2O2/c1-17-9-8-15(12-2-3-12)13(16)10-11-4-6-14-7-5-11/h11-12,14H,2-10H2,1H3. The van der Waals surface area contributed by atoms with Gasteiger partial charge in [-0.3, -0.25) is 4.79 Å². The van der Waals surface area contributed by atoms with E-state index in [0.717, 1.165) is 38.9 Å². The van der Waals surface area contributed by atoms with Crippen LogP contribution in [0.2, 0.25) is 0 Å². The Morgan fingerprint density at radius 2 is 2.00 bits per heavy atom. The van der Waals surface area contributed by atoms with Crippen LogP contribution in [0.3, 0.4) is 0 Å². The molecular weight excluding hydrogens is 216 g/mol. The maximum atomic E-state index is 12.2. The highest BCUT2D eigenvalue weighted by Gasteiger charge is 2.33. The van der Waals surface area contributed by atoms with Crippen LogP contribution in [0.25, 0.3) is 0 Å². The van der Waals surface area contributed by atoms with E-state index in [2.05, 4.69) is 5.32 Å². The van der Waals surface area contributed by atoms with Gasteiger partial charge in [0.05, 0.1) is 6.61 Å². The Labute approximate surface area is 104 Å². The van der Waals surface area contributed by atoms with Crippen molar-refractivity contribution in [2.24, 2.45) is 5.92 Å². The van der Waals surface area contributed by atoms with E-state index < -0.39 is 0 Å². The van der Waals surface area contributed by atoms with Crippen molar-refractivity contribution in [3.63, 3.8) is 0 Å². The van der Waals surface area contributed by atoms with Gasteiger partial charge in [-0.15, -0.1) is 0 Å². The number of carbonyl (C=O) groups excluding carboxylic acids is 1. The third-order valence-electron chi connectivity index (χ3n) is 3.77. The van der Waals surface area contributed by atoms with Crippen molar-refractivity contribution >= 4 is 5.91 Å². The molecule has 17 heavy (non-hydrogen) atoms. The number of nitrogens with one attached hydrogen (secondary N) is 1. The molecule has 0 bridgehead atoms. The topological polar surface area (TPSA) is 41.6 Å². The van der Waals surface area contributed by atoms with Crippen LogP contribution in [0.5, 0.6) is 0 Å². The Kier molecular flexibility index (Phi) is 4.80. The molecule has 98 valence electrons. The summed E-state index contributed by atoms with van der Waals surface area (Å²) in [5.41, 5.74) is 0. The van der Waals surface area contributed by atoms with E-state index in [4.69, 9.17) is 4.74 Å². The summed E-state index contributed by atoms with van der Waals surface area (Å²) in [6.45, 7) is 3.57. The third-order valence-corrected chi connectivity index (χ3v) is 3.77. The van der Waals surface area contributed by atoms with Crippen molar-refractivity contribution < 1.29 is 9.53 Å². The Balaban J connectivity index is 1.78. The summed E-state index contributed by atoms with van der Waals surface area (Å²) >= 11 is 0. The number of piperidine rings is 1. The van der Waals surface area contributed by atoms with Gasteiger partial charge in [-0.05, 0) is 44.7 Å². The number of rotatable bonds is 6. The molecule has 1 heterocycles. The van der Waals surface area contributed by atoms with Crippen LogP contribution in [0.4, 0.5) is 0 Å². The second kappa shape index (κ2) is 6.36. The van der Waals surface area contributed by atoms with Gasteiger partial charge < -0.3 is 15.0 Å². The van der Waals surface area contributed by atoms with Crippen LogP contribution in [-0.4, -0.2) is 50.2 Å². The van der Waals surface area contributed by atoms with Gasteiger partial charge in [-0.2, -0.15) is 0 Å². The Hall–Kier alpha value is -0.610. The first-order chi connectivity index (χ1) is 8.31. The fourth-order valence-corrected chi connectivity index (χ4v) is 2.54. The lowest BCUT2D eigenvalue weighted by Gasteiger charge is -2.27. The lowest BCUT2D eigenvalue weighted by Crippen LogP contribution is -2.38. The molecule has 1 aliphatic heterocycles. The summed E-state index contributed by atoms with van der Waals surface area (Å²) in [5.74, 6) is 0.934. The predicted molar refractivity (Wildman–Crippen MR) is 66.8 cm³/mol. The Bertz CT molecular complexity index is 248. The van der Waals surface area contributed by atoms with E-state index in [1.165, 1.54) is 12.8 Å². The predicted octanol–water partition coefficient (Wildman–Crippen LogP) is 1.01. The molecule has 1 aliphatic carbocycles. The lowest BCUT2D eigenvalue weighted by molar-refractivity contribution is -0.133. The van der Waals surface area contributed by atoms with Crippen molar-refractivity contribution in [2.75, 3.05) is 33.4 Å². The molecule has 2 rings (SSSR count). The summed E-state index contributed by atoms with van der Waals surface area (Å²) in [6, 6.07) is 0.513. The maximum absolute atomic E-state index is 12.2. The minimum atomic E-state index is 0.344. The second-order valence-electron chi connectivity index (χ2n) is 5.21. The van der Waals surface area contributed by atoms with Crippen molar-refractivity contribution in [1.29, 1.82) is 0 Å². The van der Waals surface area contributed by atoms with Crippen molar-refractivity contribution in [1.82, 2.24) is 10.2 Å². The molecule has 4 nitrogen and oxygen atoms in total. The van der Waals surface area contributed by atoms with E-state index in [1.54, 1.807) is 7.11 Å². The van der Waals surface area contributed by atoms with Gasteiger partial charge in [0.2, 0.25) is 5.91 Å². The number of ether oxygens (including phenoxy) is 1. The molecule has 4 heteroatoms. The smallest absolute Gasteiger partial charge is 0.223 e. The molecule has 0 aromatic rings. The number of nitrogens with zero attached hydrogens (tertiary/aromatic N) is 1. The zero-order valence-corrected chi connectivity index (χ0v) is 10.8. The molecule has 0 atom stereocenters. The summed E-state index contributed by atoms with van der Waals surface area (Å²) in [6.07, 6.45) is 5.40. The van der Waals surface area contributed by atoms with Crippen molar-refractivity contribution in [3.05, 3.63) is 0 Å². The minimum Gasteiger partial charge on any atom is -0.383 e. The molecule has 2 fully saturated rings. The molecular formula is C13H24N2O2. The minimum absolute atomic E-state index is 0.344. The van der Waals surface area contributed by atoms with Crippen LogP contribution in [-0.2, 0) is 9.53 Å². The average molecular weight is 240 g/mol. The van der Waals surface area contributed by atoms with Gasteiger partial charge in [-0.25, -0.2) is 0 Å². The van der Waals surface area contributed by atoms with E-state index in [0.29, 0.717) is 24.5 Å². The van der Waals surface area contributed by atoms with Gasteiger partial charge in [0.1, 0.15) is 0 Å². The molecule has 0 radical (unpaired) electrons. The monoisotopic (exact) mass is 240 g/mol. The number of hydrogen-bond acceptors (Lipinski definition) is 3. The van der Waals surface area contributed by atoms with Crippen LogP contribution >= 0.6 is 0 Å². The molecule has 0 aromatic carbocycles. The van der Waals surface area contributed by atoms with Gasteiger partial charge in [0, 0.05) is 26.1 Å². The van der Waals surface area contributed by atoms with Crippen LogP contribution in [0.1, 0.15) is 32.1 Å². The molecule has 1 saturated carbocycles. The van der Waals surface area contributed by atoms with E-state index in [1.807, 2.05) is 4.90 Å². The largest absolute Gasteiger partial charge is 0.383 e. The number of hydrogen-bond donors (Lipinski definition) is 1. The average Bonchev–Trinajstić information content (AvgIpc) is 3.15. The quantitative estimate of drug-likeness (QED) is 0.753.